The fraction of sp³-hybridized carbons (Fsp3) is 0.200. The topological polar surface area (TPSA) is 46.2 Å². The first-order valence-corrected chi connectivity index (χ1v) is 7.36. The molecule has 0 bridgehead atoms. The van der Waals surface area contributed by atoms with Gasteiger partial charge in [0.05, 0.1) is 16.1 Å². The molecule has 2 atom stereocenters. The molecule has 112 valence electrons. The van der Waals surface area contributed by atoms with Gasteiger partial charge in [0.15, 0.2) is 0 Å². The molecule has 0 fully saturated rings. The molecule has 0 heterocycles. The van der Waals surface area contributed by atoms with Gasteiger partial charge in [-0.2, -0.15) is 0 Å². The van der Waals surface area contributed by atoms with Crippen molar-refractivity contribution in [1.82, 2.24) is 0 Å². The molecule has 2 rings (SSSR count). The van der Waals surface area contributed by atoms with E-state index >= 15 is 0 Å². The number of benzene rings is 2. The first-order valence-electron chi connectivity index (χ1n) is 6.23. The number of aliphatic hydroxyl groups excluding tert-OH is 1. The maximum atomic E-state index is 14.0. The van der Waals surface area contributed by atoms with E-state index in [2.05, 4.69) is 0 Å². The normalized spacial score (nSPS) is 14.0. The van der Waals surface area contributed by atoms with Crippen molar-refractivity contribution < 1.29 is 9.50 Å². The van der Waals surface area contributed by atoms with Crippen LogP contribution in [-0.2, 0) is 0 Å². The van der Waals surface area contributed by atoms with Crippen molar-refractivity contribution in [3.05, 3.63) is 68.4 Å². The smallest absolute Gasteiger partial charge is 0.128 e. The Balaban J connectivity index is 2.48. The van der Waals surface area contributed by atoms with Gasteiger partial charge >= 0.3 is 0 Å². The van der Waals surface area contributed by atoms with Gasteiger partial charge in [0.1, 0.15) is 5.82 Å². The summed E-state index contributed by atoms with van der Waals surface area (Å²) < 4.78 is 14.0. The Morgan fingerprint density at radius 1 is 1.05 bits per heavy atom. The highest BCUT2D eigenvalue weighted by Gasteiger charge is 2.28. The fourth-order valence-electron chi connectivity index (χ4n) is 2.24. The predicted octanol–water partition coefficient (Wildman–Crippen LogP) is 4.56. The predicted molar refractivity (Wildman–Crippen MR) is 84.6 cm³/mol. The van der Waals surface area contributed by atoms with Gasteiger partial charge in [0, 0.05) is 28.6 Å². The van der Waals surface area contributed by atoms with Crippen LogP contribution in [0.4, 0.5) is 4.39 Å². The lowest BCUT2D eigenvalue weighted by Gasteiger charge is -2.24. The molecule has 0 spiro atoms. The van der Waals surface area contributed by atoms with E-state index in [0.717, 1.165) is 0 Å². The molecule has 0 radical (unpaired) electrons. The number of aliphatic hydroxyl groups is 1. The minimum absolute atomic E-state index is 0.00463. The minimum atomic E-state index is -1.12. The van der Waals surface area contributed by atoms with Crippen LogP contribution in [0.25, 0.3) is 0 Å². The summed E-state index contributed by atoms with van der Waals surface area (Å²) in [5.41, 5.74) is 6.27. The highest BCUT2D eigenvalue weighted by molar-refractivity contribution is 6.42. The number of halogens is 4. The van der Waals surface area contributed by atoms with E-state index in [4.69, 9.17) is 40.5 Å². The summed E-state index contributed by atoms with van der Waals surface area (Å²) in [6.45, 7) is 0.00463. The lowest BCUT2D eigenvalue weighted by atomic mass is 9.88. The summed E-state index contributed by atoms with van der Waals surface area (Å²) in [5, 5.41) is 11.3. The zero-order chi connectivity index (χ0) is 15.6. The van der Waals surface area contributed by atoms with Crippen LogP contribution in [0.3, 0.4) is 0 Å². The maximum absolute atomic E-state index is 14.0. The number of rotatable bonds is 4. The summed E-state index contributed by atoms with van der Waals surface area (Å²) >= 11 is 18.1. The van der Waals surface area contributed by atoms with Gasteiger partial charge in [0.2, 0.25) is 0 Å². The third-order valence-corrected chi connectivity index (χ3v) is 4.47. The molecule has 0 saturated carbocycles. The van der Waals surface area contributed by atoms with Gasteiger partial charge in [-0.25, -0.2) is 4.39 Å². The Hall–Kier alpha value is -0.840. The number of hydrogen-bond acceptors (Lipinski definition) is 2. The van der Waals surface area contributed by atoms with Crippen LogP contribution >= 0.6 is 34.8 Å². The first-order chi connectivity index (χ1) is 9.97. The molecule has 0 aromatic heterocycles. The van der Waals surface area contributed by atoms with Crippen LogP contribution in [-0.4, -0.2) is 11.7 Å². The zero-order valence-corrected chi connectivity index (χ0v) is 13.1. The molecule has 0 saturated heterocycles. The average molecular weight is 349 g/mol. The van der Waals surface area contributed by atoms with E-state index in [0.29, 0.717) is 10.6 Å². The molecule has 21 heavy (non-hydrogen) atoms. The summed E-state index contributed by atoms with van der Waals surface area (Å²) in [7, 11) is 0. The van der Waals surface area contributed by atoms with Crippen molar-refractivity contribution in [2.45, 2.75) is 12.0 Å². The van der Waals surface area contributed by atoms with Gasteiger partial charge in [0.25, 0.3) is 0 Å². The van der Waals surface area contributed by atoms with Crippen LogP contribution < -0.4 is 5.73 Å². The molecule has 2 unspecified atom stereocenters. The SMILES string of the molecule is NCC(c1c(F)cccc1Cl)C(O)c1cccc(Cl)c1Cl. The molecule has 0 aliphatic carbocycles. The molecule has 0 amide bonds. The van der Waals surface area contributed by atoms with Gasteiger partial charge in [-0.3, -0.25) is 0 Å². The van der Waals surface area contributed by atoms with E-state index in [1.165, 1.54) is 12.1 Å². The highest BCUT2D eigenvalue weighted by Crippen LogP contribution is 2.39. The largest absolute Gasteiger partial charge is 0.388 e. The standard InChI is InChI=1S/C15H13Cl3FNO/c16-10-4-2-6-12(19)13(10)9(7-20)15(21)8-3-1-5-11(17)14(8)18/h1-6,9,15,21H,7,20H2. The lowest BCUT2D eigenvalue weighted by molar-refractivity contribution is 0.146. The second-order valence-electron chi connectivity index (χ2n) is 4.57. The number of nitrogens with two attached hydrogens (primary N) is 1. The van der Waals surface area contributed by atoms with E-state index in [1.54, 1.807) is 24.3 Å². The van der Waals surface area contributed by atoms with Gasteiger partial charge in [-0.05, 0) is 18.2 Å². The summed E-state index contributed by atoms with van der Waals surface area (Å²) in [5.74, 6) is -1.25. The van der Waals surface area contributed by atoms with E-state index in [-0.39, 0.29) is 22.2 Å². The second-order valence-corrected chi connectivity index (χ2v) is 5.76. The molecule has 0 aliphatic rings. The molecule has 3 N–H and O–H groups in total. The third kappa shape index (κ3) is 3.33. The lowest BCUT2D eigenvalue weighted by Crippen LogP contribution is -2.22. The van der Waals surface area contributed by atoms with Gasteiger partial charge in [-0.15, -0.1) is 0 Å². The van der Waals surface area contributed by atoms with Gasteiger partial charge < -0.3 is 10.8 Å². The van der Waals surface area contributed by atoms with Crippen LogP contribution in [0.15, 0.2) is 36.4 Å². The maximum Gasteiger partial charge on any atom is 0.128 e. The van der Waals surface area contributed by atoms with Gasteiger partial charge in [-0.1, -0.05) is 53.0 Å². The molecule has 0 aliphatic heterocycles. The van der Waals surface area contributed by atoms with Crippen molar-refractivity contribution in [2.24, 2.45) is 5.73 Å². The van der Waals surface area contributed by atoms with Crippen molar-refractivity contribution in [3.63, 3.8) is 0 Å². The highest BCUT2D eigenvalue weighted by atomic mass is 35.5. The number of hydrogen-bond donors (Lipinski definition) is 2. The van der Waals surface area contributed by atoms with E-state index < -0.39 is 17.8 Å². The molecular formula is C15H13Cl3FNO. The Bertz CT molecular complexity index is 631. The first kappa shape index (κ1) is 16.5. The molecule has 2 aromatic rings. The zero-order valence-electron chi connectivity index (χ0n) is 10.9. The quantitative estimate of drug-likeness (QED) is 0.850. The third-order valence-electron chi connectivity index (χ3n) is 3.31. The van der Waals surface area contributed by atoms with Crippen molar-refractivity contribution in [1.29, 1.82) is 0 Å². The van der Waals surface area contributed by atoms with E-state index in [9.17, 15) is 9.50 Å². The molecule has 2 aromatic carbocycles. The molecular weight excluding hydrogens is 336 g/mol. The summed E-state index contributed by atoms with van der Waals surface area (Å²) in [4.78, 5) is 0. The van der Waals surface area contributed by atoms with Crippen LogP contribution in [0.2, 0.25) is 15.1 Å². The second kappa shape index (κ2) is 6.95. The van der Waals surface area contributed by atoms with E-state index in [1.807, 2.05) is 0 Å². The average Bonchev–Trinajstić information content (AvgIpc) is 2.45. The Morgan fingerprint density at radius 3 is 2.29 bits per heavy atom. The fourth-order valence-corrected chi connectivity index (χ4v) is 2.96. The van der Waals surface area contributed by atoms with Crippen molar-refractivity contribution in [3.8, 4) is 0 Å². The Kier molecular flexibility index (Phi) is 5.47. The van der Waals surface area contributed by atoms with Crippen molar-refractivity contribution in [2.75, 3.05) is 6.54 Å². The Labute approximate surface area is 137 Å². The van der Waals surface area contributed by atoms with Crippen LogP contribution in [0.1, 0.15) is 23.1 Å². The molecule has 2 nitrogen and oxygen atoms in total. The monoisotopic (exact) mass is 347 g/mol. The van der Waals surface area contributed by atoms with Crippen LogP contribution in [0, 0.1) is 5.82 Å². The summed E-state index contributed by atoms with van der Waals surface area (Å²) in [6, 6.07) is 9.20. The van der Waals surface area contributed by atoms with Crippen molar-refractivity contribution >= 4 is 34.8 Å². The minimum Gasteiger partial charge on any atom is -0.388 e. The molecule has 6 heteroatoms. The van der Waals surface area contributed by atoms with Crippen LogP contribution in [0.5, 0.6) is 0 Å². The Morgan fingerprint density at radius 2 is 1.67 bits per heavy atom. The summed E-state index contributed by atoms with van der Waals surface area (Å²) in [6.07, 6.45) is -1.12.